The van der Waals surface area contributed by atoms with Crippen LogP contribution in [-0.2, 0) is 0 Å². The number of nitrogens with zero attached hydrogens (tertiary/aromatic N) is 2. The lowest BCUT2D eigenvalue weighted by Gasteiger charge is -2.22. The van der Waals surface area contributed by atoms with Crippen LogP contribution in [0, 0.1) is 18.3 Å². The Morgan fingerprint density at radius 2 is 2.19 bits per heavy atom. The molecule has 0 bridgehead atoms. The fourth-order valence-corrected chi connectivity index (χ4v) is 2.54. The van der Waals surface area contributed by atoms with Gasteiger partial charge in [0.1, 0.15) is 6.07 Å². The van der Waals surface area contributed by atoms with Gasteiger partial charge in [-0.3, -0.25) is 0 Å². The van der Waals surface area contributed by atoms with Crippen LogP contribution in [0.15, 0.2) is 12.1 Å². The van der Waals surface area contributed by atoms with Crippen LogP contribution < -0.4 is 5.32 Å². The molecule has 6 heteroatoms. The van der Waals surface area contributed by atoms with Crippen molar-refractivity contribution in [2.24, 2.45) is 0 Å². The van der Waals surface area contributed by atoms with E-state index in [1.165, 1.54) is 0 Å². The summed E-state index contributed by atoms with van der Waals surface area (Å²) < 4.78 is 0. The van der Waals surface area contributed by atoms with E-state index < -0.39 is 0 Å². The molecule has 5 nitrogen and oxygen atoms in total. The van der Waals surface area contributed by atoms with E-state index in [4.69, 9.17) is 22.0 Å². The molecule has 1 heterocycles. The maximum absolute atomic E-state index is 12.1. The third-order valence-corrected chi connectivity index (χ3v) is 4.05. The topological polar surface area (TPSA) is 76.4 Å². The van der Waals surface area contributed by atoms with Crippen LogP contribution in [0.1, 0.15) is 30.9 Å². The van der Waals surface area contributed by atoms with E-state index in [1.54, 1.807) is 19.1 Å². The lowest BCUT2D eigenvalue weighted by Crippen LogP contribution is -2.37. The van der Waals surface area contributed by atoms with E-state index in [2.05, 4.69) is 5.32 Å². The quantitative estimate of drug-likeness (QED) is 0.836. The summed E-state index contributed by atoms with van der Waals surface area (Å²) in [7, 11) is 1.00. The Morgan fingerprint density at radius 3 is 2.71 bits per heavy atom. The van der Waals surface area contributed by atoms with Gasteiger partial charge in [-0.2, -0.15) is 5.26 Å². The van der Waals surface area contributed by atoms with Crippen LogP contribution in [0.25, 0.3) is 0 Å². The second kappa shape index (κ2) is 7.87. The van der Waals surface area contributed by atoms with Gasteiger partial charge in [0.2, 0.25) is 0 Å². The number of hydrogen-bond acceptors (Lipinski definition) is 3. The third-order valence-electron chi connectivity index (χ3n) is 3.56. The molecule has 0 radical (unpaired) electrons. The Kier molecular flexibility index (Phi) is 6.47. The van der Waals surface area contributed by atoms with E-state index >= 15 is 0 Å². The number of carbonyl (C=O) groups excluding carboxylic acids is 1. The number of carbonyl (C=O) groups is 1. The summed E-state index contributed by atoms with van der Waals surface area (Å²) in [5.41, 5.74) is 1.81. The molecule has 2 amide bonds. The highest BCUT2D eigenvalue weighted by molar-refractivity contribution is 6.33. The second-order valence-electron chi connectivity index (χ2n) is 4.83. The minimum atomic E-state index is -0.103. The highest BCUT2D eigenvalue weighted by Crippen LogP contribution is 2.27. The van der Waals surface area contributed by atoms with Gasteiger partial charge in [-0.05, 0) is 44.4 Å². The predicted octanol–water partition coefficient (Wildman–Crippen LogP) is 3.14. The maximum Gasteiger partial charge on any atom is 0.322 e. The van der Waals surface area contributed by atoms with Crippen molar-refractivity contribution in [1.82, 2.24) is 4.90 Å². The van der Waals surface area contributed by atoms with Gasteiger partial charge in [0.15, 0.2) is 0 Å². The molecule has 2 rings (SSSR count). The first kappa shape index (κ1) is 17.3. The molecule has 2 N–H and O–H groups in total. The minimum Gasteiger partial charge on any atom is -0.400 e. The van der Waals surface area contributed by atoms with Crippen LogP contribution in [0.5, 0.6) is 0 Å². The molecule has 1 aliphatic rings. The van der Waals surface area contributed by atoms with E-state index in [1.807, 2.05) is 17.9 Å². The number of halogens is 1. The monoisotopic (exact) mass is 309 g/mol. The maximum atomic E-state index is 12.1. The molecule has 1 aliphatic heterocycles. The summed E-state index contributed by atoms with van der Waals surface area (Å²) in [6.07, 6.45) is 2.09. The molecule has 21 heavy (non-hydrogen) atoms. The zero-order valence-electron chi connectivity index (χ0n) is 12.5. The Hall–Kier alpha value is -1.77. The largest absolute Gasteiger partial charge is 0.400 e. The number of aliphatic hydroxyl groups excluding tert-OH is 1. The molecule has 1 atom stereocenters. The van der Waals surface area contributed by atoms with Crippen molar-refractivity contribution < 1.29 is 9.90 Å². The van der Waals surface area contributed by atoms with Crippen molar-refractivity contribution in [2.75, 3.05) is 19.0 Å². The number of amides is 2. The summed E-state index contributed by atoms with van der Waals surface area (Å²) in [5.74, 6) is 0. The molecule has 0 aromatic heterocycles. The zero-order chi connectivity index (χ0) is 16.0. The van der Waals surface area contributed by atoms with Gasteiger partial charge < -0.3 is 15.3 Å². The first-order valence-electron chi connectivity index (χ1n) is 6.76. The average Bonchev–Trinajstić information content (AvgIpc) is 2.92. The normalized spacial score (nSPS) is 16.8. The average molecular weight is 310 g/mol. The van der Waals surface area contributed by atoms with Gasteiger partial charge in [0.25, 0.3) is 0 Å². The molecule has 1 aromatic rings. The Labute approximate surface area is 130 Å². The number of nitrogens with one attached hydrogen (secondary N) is 1. The number of hydrogen-bond donors (Lipinski definition) is 2. The Balaban J connectivity index is 0.00000106. The van der Waals surface area contributed by atoms with Crippen molar-refractivity contribution in [2.45, 2.75) is 32.7 Å². The number of anilines is 1. The number of rotatable bonds is 1. The molecule has 114 valence electrons. The first-order chi connectivity index (χ1) is 10.0. The van der Waals surface area contributed by atoms with Gasteiger partial charge in [0.05, 0.1) is 10.6 Å². The molecule has 1 fully saturated rings. The smallest absolute Gasteiger partial charge is 0.322 e. The van der Waals surface area contributed by atoms with Gasteiger partial charge in [-0.25, -0.2) is 4.79 Å². The summed E-state index contributed by atoms with van der Waals surface area (Å²) in [5, 5.41) is 19.2. The highest BCUT2D eigenvalue weighted by Gasteiger charge is 2.25. The van der Waals surface area contributed by atoms with Crippen LogP contribution in [0.4, 0.5) is 10.5 Å². The molecule has 1 aromatic carbocycles. The lowest BCUT2D eigenvalue weighted by molar-refractivity contribution is 0.210. The summed E-state index contributed by atoms with van der Waals surface area (Å²) in [6.45, 7) is 4.63. The number of benzene rings is 1. The standard InChI is InChI=1S/C14H16ClN3O.CH4O/c1-9-4-3-7-18(9)14(19)17-12-6-5-11(8-16)13(15)10(12)2;1-2/h5-6,9H,3-4,7H2,1-2H3,(H,17,19);2H,1H3/t9-;/m1./s1. The van der Waals surface area contributed by atoms with Crippen molar-refractivity contribution in [3.63, 3.8) is 0 Å². The van der Waals surface area contributed by atoms with Gasteiger partial charge >= 0.3 is 6.03 Å². The summed E-state index contributed by atoms with van der Waals surface area (Å²) in [4.78, 5) is 14.0. The van der Waals surface area contributed by atoms with E-state index in [9.17, 15) is 4.79 Å². The van der Waals surface area contributed by atoms with Crippen molar-refractivity contribution in [3.05, 3.63) is 28.3 Å². The molecular weight excluding hydrogens is 290 g/mol. The zero-order valence-corrected chi connectivity index (χ0v) is 13.2. The predicted molar refractivity (Wildman–Crippen MR) is 83.5 cm³/mol. The van der Waals surface area contributed by atoms with Crippen LogP contribution in [-0.4, -0.2) is 35.7 Å². The third kappa shape index (κ3) is 3.87. The van der Waals surface area contributed by atoms with Crippen molar-refractivity contribution in [1.29, 1.82) is 5.26 Å². The van der Waals surface area contributed by atoms with Crippen LogP contribution in [0.3, 0.4) is 0 Å². The molecule has 0 unspecified atom stereocenters. The van der Waals surface area contributed by atoms with Gasteiger partial charge in [-0.15, -0.1) is 0 Å². The van der Waals surface area contributed by atoms with Crippen molar-refractivity contribution >= 4 is 23.3 Å². The summed E-state index contributed by atoms with van der Waals surface area (Å²) in [6, 6.07) is 5.54. The Bertz CT molecular complexity index is 555. The van der Waals surface area contributed by atoms with Crippen molar-refractivity contribution in [3.8, 4) is 6.07 Å². The fraction of sp³-hybridized carbons (Fsp3) is 0.467. The molecular formula is C15H20ClN3O2. The van der Waals surface area contributed by atoms with E-state index in [-0.39, 0.29) is 12.1 Å². The van der Waals surface area contributed by atoms with Crippen LogP contribution >= 0.6 is 11.6 Å². The number of likely N-dealkylation sites (tertiary alicyclic amines) is 1. The second-order valence-corrected chi connectivity index (χ2v) is 5.20. The molecule has 0 spiro atoms. The van der Waals surface area contributed by atoms with Gasteiger partial charge in [-0.1, -0.05) is 11.6 Å². The highest BCUT2D eigenvalue weighted by atomic mass is 35.5. The van der Waals surface area contributed by atoms with E-state index in [0.29, 0.717) is 16.3 Å². The van der Waals surface area contributed by atoms with Gasteiger partial charge in [0, 0.05) is 25.4 Å². The summed E-state index contributed by atoms with van der Waals surface area (Å²) >= 11 is 6.08. The molecule has 0 aliphatic carbocycles. The SMILES string of the molecule is CO.Cc1c(NC(=O)N2CCC[C@H]2C)ccc(C#N)c1Cl. The molecule has 1 saturated heterocycles. The number of aliphatic hydroxyl groups is 1. The Morgan fingerprint density at radius 1 is 1.52 bits per heavy atom. The van der Waals surface area contributed by atoms with Crippen LogP contribution in [0.2, 0.25) is 5.02 Å². The number of urea groups is 1. The van der Waals surface area contributed by atoms with E-state index in [0.717, 1.165) is 32.1 Å². The molecule has 0 saturated carbocycles. The first-order valence-corrected chi connectivity index (χ1v) is 7.14. The number of nitriles is 1. The fourth-order valence-electron chi connectivity index (χ4n) is 2.33. The minimum absolute atomic E-state index is 0.103. The lowest BCUT2D eigenvalue weighted by atomic mass is 10.1.